The van der Waals surface area contributed by atoms with Crippen LogP contribution in [0.2, 0.25) is 0 Å². The van der Waals surface area contributed by atoms with Crippen LogP contribution in [0.4, 0.5) is 0 Å². The first kappa shape index (κ1) is 11.0. The van der Waals surface area contributed by atoms with Crippen LogP contribution >= 0.6 is 11.8 Å². The minimum absolute atomic E-state index is 0.0557. The number of carbonyl (C=O) groups excluding carboxylic acids is 1. The van der Waals surface area contributed by atoms with Gasteiger partial charge in [-0.25, -0.2) is 0 Å². The molecule has 1 aliphatic rings. The molecule has 0 bridgehead atoms. The van der Waals surface area contributed by atoms with E-state index in [-0.39, 0.29) is 10.9 Å². The topological polar surface area (TPSA) is 37.3 Å². The van der Waals surface area contributed by atoms with E-state index in [9.17, 15) is 9.90 Å². The molecule has 16 heavy (non-hydrogen) atoms. The molecule has 0 amide bonds. The number of carbonyl (C=O) groups is 1. The van der Waals surface area contributed by atoms with E-state index < -0.39 is 0 Å². The zero-order valence-electron chi connectivity index (χ0n) is 8.93. The van der Waals surface area contributed by atoms with Crippen LogP contribution in [-0.4, -0.2) is 10.2 Å². The van der Waals surface area contributed by atoms with Gasteiger partial charge >= 0.3 is 0 Å². The number of aromatic hydroxyl groups is 1. The summed E-state index contributed by atoms with van der Waals surface area (Å²) in [6.45, 7) is 2.02. The Kier molecular flexibility index (Phi) is 3.15. The molecule has 1 heterocycles. The molecule has 0 atom stereocenters. The SMILES string of the molecule is CCC1=CC(=Cc2ccccc2O)C(=O)S1. The summed E-state index contributed by atoms with van der Waals surface area (Å²) in [6.07, 6.45) is 4.49. The number of benzene rings is 1. The average molecular weight is 232 g/mol. The van der Waals surface area contributed by atoms with Crippen LogP contribution in [0.3, 0.4) is 0 Å². The van der Waals surface area contributed by atoms with Crippen LogP contribution in [-0.2, 0) is 4.79 Å². The van der Waals surface area contributed by atoms with Crippen LogP contribution in [0.1, 0.15) is 18.9 Å². The number of para-hydroxylation sites is 1. The van der Waals surface area contributed by atoms with E-state index in [2.05, 4.69) is 0 Å². The summed E-state index contributed by atoms with van der Waals surface area (Å²) in [5, 5.41) is 9.65. The minimum Gasteiger partial charge on any atom is -0.507 e. The lowest BCUT2D eigenvalue weighted by atomic mass is 10.1. The summed E-state index contributed by atoms with van der Waals surface area (Å²) in [4.78, 5) is 12.7. The predicted octanol–water partition coefficient (Wildman–Crippen LogP) is 3.34. The number of thioether (sulfide) groups is 1. The Labute approximate surface area is 98.7 Å². The van der Waals surface area contributed by atoms with Gasteiger partial charge in [0.1, 0.15) is 5.75 Å². The van der Waals surface area contributed by atoms with Gasteiger partial charge in [0.25, 0.3) is 0 Å². The Morgan fingerprint density at radius 3 is 2.75 bits per heavy atom. The first-order valence-electron chi connectivity index (χ1n) is 5.13. The van der Waals surface area contributed by atoms with E-state index in [1.54, 1.807) is 24.3 Å². The van der Waals surface area contributed by atoms with Crippen molar-refractivity contribution in [3.63, 3.8) is 0 Å². The average Bonchev–Trinajstić information content (AvgIpc) is 2.63. The smallest absolute Gasteiger partial charge is 0.223 e. The fourth-order valence-corrected chi connectivity index (χ4v) is 2.30. The molecule has 1 N–H and O–H groups in total. The first-order valence-corrected chi connectivity index (χ1v) is 5.95. The monoisotopic (exact) mass is 232 g/mol. The van der Waals surface area contributed by atoms with Crippen molar-refractivity contribution in [1.82, 2.24) is 0 Å². The van der Waals surface area contributed by atoms with Crippen LogP contribution in [0.15, 0.2) is 40.8 Å². The van der Waals surface area contributed by atoms with E-state index in [1.165, 1.54) is 11.8 Å². The van der Waals surface area contributed by atoms with Crippen molar-refractivity contribution in [2.45, 2.75) is 13.3 Å². The second kappa shape index (κ2) is 4.58. The predicted molar refractivity (Wildman–Crippen MR) is 67.1 cm³/mol. The molecular weight excluding hydrogens is 220 g/mol. The second-order valence-corrected chi connectivity index (χ2v) is 4.61. The molecule has 0 fully saturated rings. The van der Waals surface area contributed by atoms with E-state index in [1.807, 2.05) is 19.1 Å². The number of phenolic OH excluding ortho intramolecular Hbond substituents is 1. The van der Waals surface area contributed by atoms with Crippen molar-refractivity contribution >= 4 is 23.0 Å². The Hall–Kier alpha value is -1.48. The molecule has 0 aromatic heterocycles. The molecule has 2 rings (SSSR count). The molecule has 1 aromatic rings. The van der Waals surface area contributed by atoms with E-state index in [0.29, 0.717) is 11.1 Å². The van der Waals surface area contributed by atoms with Crippen LogP contribution < -0.4 is 0 Å². The molecule has 0 aliphatic carbocycles. The highest BCUT2D eigenvalue weighted by Crippen LogP contribution is 2.34. The van der Waals surface area contributed by atoms with Crippen molar-refractivity contribution < 1.29 is 9.90 Å². The number of phenols is 1. The summed E-state index contributed by atoms with van der Waals surface area (Å²) in [6, 6.07) is 7.00. The van der Waals surface area contributed by atoms with Crippen molar-refractivity contribution in [2.24, 2.45) is 0 Å². The molecule has 0 unspecified atom stereocenters. The Morgan fingerprint density at radius 2 is 2.12 bits per heavy atom. The van der Waals surface area contributed by atoms with Gasteiger partial charge in [0, 0.05) is 11.1 Å². The van der Waals surface area contributed by atoms with Gasteiger partial charge in [0.05, 0.1) is 0 Å². The minimum atomic E-state index is 0.0557. The molecule has 82 valence electrons. The van der Waals surface area contributed by atoms with Crippen LogP contribution in [0.25, 0.3) is 6.08 Å². The largest absolute Gasteiger partial charge is 0.507 e. The third-order valence-corrected chi connectivity index (χ3v) is 3.46. The highest BCUT2D eigenvalue weighted by molar-refractivity contribution is 8.17. The summed E-state index contributed by atoms with van der Waals surface area (Å²) >= 11 is 1.27. The maximum Gasteiger partial charge on any atom is 0.223 e. The van der Waals surface area contributed by atoms with E-state index in [0.717, 1.165) is 11.3 Å². The fourth-order valence-electron chi connectivity index (χ4n) is 1.49. The van der Waals surface area contributed by atoms with Gasteiger partial charge in [0.15, 0.2) is 0 Å². The van der Waals surface area contributed by atoms with Crippen molar-refractivity contribution in [1.29, 1.82) is 0 Å². The van der Waals surface area contributed by atoms with Gasteiger partial charge in [-0.05, 0) is 29.5 Å². The van der Waals surface area contributed by atoms with Crippen molar-refractivity contribution in [3.8, 4) is 5.75 Å². The van der Waals surface area contributed by atoms with Gasteiger partial charge in [-0.1, -0.05) is 36.9 Å². The first-order chi connectivity index (χ1) is 7.70. The molecule has 2 nitrogen and oxygen atoms in total. The molecule has 0 radical (unpaired) electrons. The van der Waals surface area contributed by atoms with E-state index in [4.69, 9.17) is 0 Å². The molecule has 3 heteroatoms. The number of rotatable bonds is 2. The maximum absolute atomic E-state index is 11.6. The van der Waals surface area contributed by atoms with Gasteiger partial charge < -0.3 is 5.11 Å². The highest BCUT2D eigenvalue weighted by atomic mass is 32.2. The molecule has 0 saturated carbocycles. The Morgan fingerprint density at radius 1 is 1.38 bits per heavy atom. The summed E-state index contributed by atoms with van der Waals surface area (Å²) in [5.74, 6) is 0.200. The summed E-state index contributed by atoms with van der Waals surface area (Å²) < 4.78 is 0. The van der Waals surface area contributed by atoms with Crippen molar-refractivity contribution in [2.75, 3.05) is 0 Å². The summed E-state index contributed by atoms with van der Waals surface area (Å²) in [5.41, 5.74) is 1.34. The number of allylic oxidation sites excluding steroid dienone is 2. The highest BCUT2D eigenvalue weighted by Gasteiger charge is 2.18. The van der Waals surface area contributed by atoms with E-state index >= 15 is 0 Å². The zero-order chi connectivity index (χ0) is 11.5. The normalized spacial score (nSPS) is 17.9. The zero-order valence-corrected chi connectivity index (χ0v) is 9.75. The number of hydrogen-bond acceptors (Lipinski definition) is 3. The molecule has 1 aliphatic heterocycles. The number of hydrogen-bond donors (Lipinski definition) is 1. The van der Waals surface area contributed by atoms with Crippen LogP contribution in [0.5, 0.6) is 5.75 Å². The maximum atomic E-state index is 11.6. The van der Waals surface area contributed by atoms with Gasteiger partial charge in [-0.3, -0.25) is 4.79 Å². The molecular formula is C13H12O2S. The standard InChI is InChI=1S/C13H12O2S/c1-2-11-8-10(13(15)16-11)7-9-5-3-4-6-12(9)14/h3-8,14H,2H2,1H3. The Balaban J connectivity index is 2.35. The van der Waals surface area contributed by atoms with Gasteiger partial charge in [0.2, 0.25) is 5.12 Å². The molecule has 1 aromatic carbocycles. The van der Waals surface area contributed by atoms with Crippen molar-refractivity contribution in [3.05, 3.63) is 46.4 Å². The second-order valence-electron chi connectivity index (χ2n) is 3.51. The van der Waals surface area contributed by atoms with Gasteiger partial charge in [-0.2, -0.15) is 0 Å². The fraction of sp³-hybridized carbons (Fsp3) is 0.154. The lowest BCUT2D eigenvalue weighted by Crippen LogP contribution is -1.87. The third kappa shape index (κ3) is 2.19. The third-order valence-electron chi connectivity index (χ3n) is 2.37. The molecule has 0 saturated heterocycles. The molecule has 0 spiro atoms. The lowest BCUT2D eigenvalue weighted by molar-refractivity contribution is -0.107. The Bertz CT molecular complexity index is 486. The van der Waals surface area contributed by atoms with Crippen LogP contribution in [0, 0.1) is 0 Å². The lowest BCUT2D eigenvalue weighted by Gasteiger charge is -1.98. The van der Waals surface area contributed by atoms with Gasteiger partial charge in [-0.15, -0.1) is 0 Å². The quantitative estimate of drug-likeness (QED) is 0.794. The summed E-state index contributed by atoms with van der Waals surface area (Å²) in [7, 11) is 0.